The highest BCUT2D eigenvalue weighted by Gasteiger charge is 2.31. The number of fused-ring (bicyclic) bond motifs is 1. The van der Waals surface area contributed by atoms with Crippen LogP contribution in [0.5, 0.6) is 0 Å². The molecule has 0 unspecified atom stereocenters. The minimum atomic E-state index is -0.0851. The van der Waals surface area contributed by atoms with E-state index in [9.17, 15) is 4.79 Å². The van der Waals surface area contributed by atoms with Gasteiger partial charge in [-0.3, -0.25) is 4.79 Å². The van der Waals surface area contributed by atoms with Gasteiger partial charge in [0.05, 0.1) is 6.42 Å². The molecule has 5 nitrogen and oxygen atoms in total. The van der Waals surface area contributed by atoms with E-state index in [1.807, 2.05) is 24.3 Å². The van der Waals surface area contributed by atoms with Crippen LogP contribution in [-0.2, 0) is 4.79 Å². The van der Waals surface area contributed by atoms with Gasteiger partial charge in [-0.1, -0.05) is 18.2 Å². The van der Waals surface area contributed by atoms with Crippen molar-refractivity contribution >= 4 is 37.6 Å². The first kappa shape index (κ1) is 12.8. The van der Waals surface area contributed by atoms with Crippen molar-refractivity contribution in [2.45, 2.75) is 25.2 Å². The number of carbonyl (C=O) groups is 1. The first-order valence-electron chi connectivity index (χ1n) is 6.84. The minimum absolute atomic E-state index is 0.0851. The van der Waals surface area contributed by atoms with Crippen LogP contribution in [0.15, 0.2) is 28.7 Å². The molecule has 106 valence electrons. The second kappa shape index (κ2) is 4.80. The van der Waals surface area contributed by atoms with Crippen LogP contribution in [0.2, 0.25) is 0 Å². The lowest BCUT2D eigenvalue weighted by Crippen LogP contribution is -2.10. The molecule has 1 aliphatic heterocycles. The average Bonchev–Trinajstić information content (AvgIpc) is 3.24. The van der Waals surface area contributed by atoms with E-state index in [2.05, 4.69) is 31.4 Å². The lowest BCUT2D eigenvalue weighted by molar-refractivity contribution is -0.115. The predicted octanol–water partition coefficient (Wildman–Crippen LogP) is 3.55. The Kier molecular flexibility index (Phi) is 2.92. The standard InChI is InChI=1S/C15H12BrN3O2/c16-13-9-3-1-2-4-11(9)17-12(20)7-10(13)15-19-18-14(21-15)8-5-6-8/h1-4,8H,5-7H2,(H,17,20). The number of para-hydroxylation sites is 1. The number of nitrogens with zero attached hydrogens (tertiary/aromatic N) is 2. The number of rotatable bonds is 2. The van der Waals surface area contributed by atoms with Gasteiger partial charge in [0.1, 0.15) is 0 Å². The molecule has 1 aromatic carbocycles. The van der Waals surface area contributed by atoms with E-state index < -0.39 is 0 Å². The zero-order valence-electron chi connectivity index (χ0n) is 11.1. The summed E-state index contributed by atoms with van der Waals surface area (Å²) in [5, 5.41) is 11.1. The Hall–Kier alpha value is -1.95. The van der Waals surface area contributed by atoms with Gasteiger partial charge in [-0.25, -0.2) is 0 Å². The molecule has 0 radical (unpaired) electrons. The van der Waals surface area contributed by atoms with Crippen LogP contribution in [0.3, 0.4) is 0 Å². The number of amides is 1. The summed E-state index contributed by atoms with van der Waals surface area (Å²) < 4.78 is 6.57. The number of aromatic nitrogens is 2. The fourth-order valence-electron chi connectivity index (χ4n) is 2.40. The molecule has 1 aromatic heterocycles. The van der Waals surface area contributed by atoms with Gasteiger partial charge < -0.3 is 9.73 Å². The van der Waals surface area contributed by atoms with Gasteiger partial charge in [-0.2, -0.15) is 0 Å². The Balaban J connectivity index is 1.83. The summed E-state index contributed by atoms with van der Waals surface area (Å²) in [6, 6.07) is 7.64. The first-order chi connectivity index (χ1) is 10.2. The largest absolute Gasteiger partial charge is 0.421 e. The number of benzene rings is 1. The molecule has 2 heterocycles. The Morgan fingerprint density at radius 1 is 1.24 bits per heavy atom. The molecule has 1 fully saturated rings. The molecule has 21 heavy (non-hydrogen) atoms. The van der Waals surface area contributed by atoms with Crippen molar-refractivity contribution < 1.29 is 9.21 Å². The lowest BCUT2D eigenvalue weighted by atomic mass is 10.1. The van der Waals surface area contributed by atoms with Gasteiger partial charge in [0.15, 0.2) is 0 Å². The molecule has 6 heteroatoms. The number of hydrogen-bond donors (Lipinski definition) is 1. The second-order valence-electron chi connectivity index (χ2n) is 5.28. The number of hydrogen-bond acceptors (Lipinski definition) is 4. The Labute approximate surface area is 129 Å². The smallest absolute Gasteiger partial charge is 0.245 e. The van der Waals surface area contributed by atoms with Crippen molar-refractivity contribution in [2.75, 3.05) is 5.32 Å². The fraction of sp³-hybridized carbons (Fsp3) is 0.267. The molecule has 0 bridgehead atoms. The van der Waals surface area contributed by atoms with Crippen molar-refractivity contribution in [1.29, 1.82) is 0 Å². The van der Waals surface area contributed by atoms with Crippen molar-refractivity contribution in [3.05, 3.63) is 41.6 Å². The maximum atomic E-state index is 12.1. The maximum absolute atomic E-state index is 12.1. The van der Waals surface area contributed by atoms with E-state index >= 15 is 0 Å². The summed E-state index contributed by atoms with van der Waals surface area (Å²) in [7, 11) is 0. The van der Waals surface area contributed by atoms with Gasteiger partial charge in [0.2, 0.25) is 17.7 Å². The highest BCUT2D eigenvalue weighted by molar-refractivity contribution is 9.15. The summed E-state index contributed by atoms with van der Waals surface area (Å²) in [4.78, 5) is 12.1. The van der Waals surface area contributed by atoms with Crippen molar-refractivity contribution in [2.24, 2.45) is 0 Å². The maximum Gasteiger partial charge on any atom is 0.245 e. The molecule has 1 saturated carbocycles. The predicted molar refractivity (Wildman–Crippen MR) is 81.7 cm³/mol. The molecule has 1 N–H and O–H groups in total. The quantitative estimate of drug-likeness (QED) is 0.903. The third kappa shape index (κ3) is 2.29. The Bertz CT molecular complexity index is 762. The van der Waals surface area contributed by atoms with Gasteiger partial charge >= 0.3 is 0 Å². The zero-order valence-corrected chi connectivity index (χ0v) is 12.7. The number of carbonyl (C=O) groups excluding carboxylic acids is 1. The normalized spacial score (nSPS) is 18.2. The van der Waals surface area contributed by atoms with E-state index in [-0.39, 0.29) is 12.3 Å². The summed E-state index contributed by atoms with van der Waals surface area (Å²) >= 11 is 3.59. The third-order valence-corrected chi connectivity index (χ3v) is 4.57. The van der Waals surface area contributed by atoms with Crippen LogP contribution >= 0.6 is 15.9 Å². The van der Waals surface area contributed by atoms with Crippen LogP contribution in [0.1, 0.15) is 42.5 Å². The fourth-order valence-corrected chi connectivity index (χ4v) is 3.06. The lowest BCUT2D eigenvalue weighted by Gasteiger charge is -2.06. The van der Waals surface area contributed by atoms with Gasteiger partial charge in [0, 0.05) is 27.2 Å². The Morgan fingerprint density at radius 3 is 2.86 bits per heavy atom. The topological polar surface area (TPSA) is 68.0 Å². The van der Waals surface area contributed by atoms with E-state index in [0.717, 1.165) is 34.1 Å². The SMILES string of the molecule is O=C1CC(c2nnc(C3CC3)o2)=C(Br)c2ccccc2N1. The third-order valence-electron chi connectivity index (χ3n) is 3.67. The summed E-state index contributed by atoms with van der Waals surface area (Å²) in [6.45, 7) is 0. The van der Waals surface area contributed by atoms with Crippen LogP contribution in [-0.4, -0.2) is 16.1 Å². The van der Waals surface area contributed by atoms with Crippen molar-refractivity contribution in [3.8, 4) is 0 Å². The molecule has 0 atom stereocenters. The van der Waals surface area contributed by atoms with Crippen LogP contribution in [0, 0.1) is 0 Å². The number of nitrogens with one attached hydrogen (secondary N) is 1. The first-order valence-corrected chi connectivity index (χ1v) is 7.63. The van der Waals surface area contributed by atoms with Crippen LogP contribution in [0.4, 0.5) is 5.69 Å². The molecule has 1 aliphatic carbocycles. The highest BCUT2D eigenvalue weighted by atomic mass is 79.9. The van der Waals surface area contributed by atoms with Crippen LogP contribution < -0.4 is 5.32 Å². The summed E-state index contributed by atoms with van der Waals surface area (Å²) in [6.07, 6.45) is 2.41. The molecular formula is C15H12BrN3O2. The van der Waals surface area contributed by atoms with E-state index in [1.54, 1.807) is 0 Å². The van der Waals surface area contributed by atoms with Crippen molar-refractivity contribution in [1.82, 2.24) is 10.2 Å². The summed E-state index contributed by atoms with van der Waals surface area (Å²) in [5.41, 5.74) is 2.44. The minimum Gasteiger partial charge on any atom is -0.421 e. The molecule has 2 aliphatic rings. The average molecular weight is 346 g/mol. The van der Waals surface area contributed by atoms with E-state index in [4.69, 9.17) is 4.42 Å². The zero-order chi connectivity index (χ0) is 14.4. The number of anilines is 1. The monoisotopic (exact) mass is 345 g/mol. The van der Waals surface area contributed by atoms with E-state index in [0.29, 0.717) is 17.7 Å². The molecule has 1 amide bonds. The molecular weight excluding hydrogens is 334 g/mol. The molecule has 4 rings (SSSR count). The molecule has 0 spiro atoms. The van der Waals surface area contributed by atoms with Gasteiger partial charge in [-0.15, -0.1) is 10.2 Å². The molecule has 0 saturated heterocycles. The van der Waals surface area contributed by atoms with Gasteiger partial charge in [0.25, 0.3) is 0 Å². The van der Waals surface area contributed by atoms with Crippen LogP contribution in [0.25, 0.3) is 10.1 Å². The van der Waals surface area contributed by atoms with Crippen molar-refractivity contribution in [3.63, 3.8) is 0 Å². The highest BCUT2D eigenvalue weighted by Crippen LogP contribution is 2.42. The molecule has 2 aromatic rings. The van der Waals surface area contributed by atoms with E-state index in [1.165, 1.54) is 0 Å². The van der Waals surface area contributed by atoms with Gasteiger partial charge in [-0.05, 0) is 34.8 Å². The Morgan fingerprint density at radius 2 is 2.05 bits per heavy atom. The summed E-state index contributed by atoms with van der Waals surface area (Å²) in [5.74, 6) is 1.42. The second-order valence-corrected chi connectivity index (χ2v) is 6.08. The number of halogens is 1.